The van der Waals surface area contributed by atoms with Gasteiger partial charge >= 0.3 is 0 Å². The zero-order chi connectivity index (χ0) is 21.1. The molecule has 0 atom stereocenters. The lowest BCUT2D eigenvalue weighted by atomic mass is 9.97. The third-order valence-corrected chi connectivity index (χ3v) is 6.28. The number of hydrogen-bond acceptors (Lipinski definition) is 6. The van der Waals surface area contributed by atoms with Crippen LogP contribution in [0.1, 0.15) is 64.6 Å². The van der Waals surface area contributed by atoms with Gasteiger partial charge in [-0.15, -0.1) is 0 Å². The van der Waals surface area contributed by atoms with E-state index in [1.54, 1.807) is 0 Å². The van der Waals surface area contributed by atoms with Gasteiger partial charge in [-0.3, -0.25) is 9.36 Å². The van der Waals surface area contributed by atoms with Gasteiger partial charge in [0, 0.05) is 12.0 Å². The average Bonchev–Trinajstić information content (AvgIpc) is 3.22. The second-order valence-corrected chi connectivity index (χ2v) is 9.72. The molecule has 158 valence electrons. The summed E-state index contributed by atoms with van der Waals surface area (Å²) in [6.45, 7) is 6.77. The number of fused-ring (bicyclic) bond motifs is 1. The van der Waals surface area contributed by atoms with E-state index in [0.717, 1.165) is 24.8 Å². The van der Waals surface area contributed by atoms with Crippen molar-refractivity contribution >= 4 is 22.7 Å². The minimum Gasteiger partial charge on any atom is -0.339 e. The Hall–Kier alpha value is -2.41. The summed E-state index contributed by atoms with van der Waals surface area (Å²) in [6, 6.07) is 7.54. The van der Waals surface area contributed by atoms with E-state index in [1.807, 2.05) is 49.6 Å². The quantitative estimate of drug-likeness (QED) is 0.305. The minimum absolute atomic E-state index is 0.0167. The number of benzene rings is 1. The van der Waals surface area contributed by atoms with Crippen LogP contribution in [-0.2, 0) is 17.7 Å². The highest BCUT2D eigenvalue weighted by molar-refractivity contribution is 7.98. The van der Waals surface area contributed by atoms with Crippen LogP contribution in [0.5, 0.6) is 0 Å². The molecule has 1 aromatic carbocycles. The molecule has 0 bridgehead atoms. The Morgan fingerprint density at radius 1 is 1.17 bits per heavy atom. The molecule has 1 aliphatic carbocycles. The zero-order valence-corrected chi connectivity index (χ0v) is 18.7. The standard InChI is InChI=1S/C23H28N4O2S/c1-23(2,3)21-25-19(26-29-21)15-30-22-24-18-12-8-7-11-17(18)20(28)27(22)14-13-16-9-5-4-6-10-16/h7-9,11-12H,4-6,10,13-15H2,1-3H3. The fourth-order valence-corrected chi connectivity index (χ4v) is 4.46. The molecule has 0 N–H and O–H groups in total. The fraction of sp³-hybridized carbons (Fsp3) is 0.478. The molecule has 0 saturated carbocycles. The maximum absolute atomic E-state index is 13.2. The zero-order valence-electron chi connectivity index (χ0n) is 17.9. The van der Waals surface area contributed by atoms with Crippen LogP contribution in [0.4, 0.5) is 0 Å². The molecule has 0 saturated heterocycles. The van der Waals surface area contributed by atoms with Crippen LogP contribution < -0.4 is 5.56 Å². The molecule has 0 unspecified atom stereocenters. The van der Waals surface area contributed by atoms with Gasteiger partial charge in [0.05, 0.1) is 16.7 Å². The van der Waals surface area contributed by atoms with E-state index in [-0.39, 0.29) is 11.0 Å². The van der Waals surface area contributed by atoms with Gasteiger partial charge in [-0.2, -0.15) is 4.98 Å². The summed E-state index contributed by atoms with van der Waals surface area (Å²) < 4.78 is 7.21. The second-order valence-electron chi connectivity index (χ2n) is 8.78. The summed E-state index contributed by atoms with van der Waals surface area (Å²) in [6.07, 6.45) is 8.02. The molecule has 1 aliphatic rings. The fourth-order valence-electron chi connectivity index (χ4n) is 3.59. The molecular formula is C23H28N4O2S. The van der Waals surface area contributed by atoms with E-state index >= 15 is 0 Å². The molecular weight excluding hydrogens is 396 g/mol. The molecule has 30 heavy (non-hydrogen) atoms. The highest BCUT2D eigenvalue weighted by atomic mass is 32.2. The predicted octanol–water partition coefficient (Wildman–Crippen LogP) is 5.26. The first-order valence-electron chi connectivity index (χ1n) is 10.6. The van der Waals surface area contributed by atoms with Crippen molar-refractivity contribution in [2.24, 2.45) is 0 Å². The summed E-state index contributed by atoms with van der Waals surface area (Å²) in [5, 5.41) is 5.47. The first-order chi connectivity index (χ1) is 14.4. The van der Waals surface area contributed by atoms with Gasteiger partial charge in [0.2, 0.25) is 5.89 Å². The van der Waals surface area contributed by atoms with Crippen LogP contribution >= 0.6 is 11.8 Å². The smallest absolute Gasteiger partial charge is 0.262 e. The van der Waals surface area contributed by atoms with Crippen LogP contribution in [-0.4, -0.2) is 19.7 Å². The Labute approximate surface area is 180 Å². The van der Waals surface area contributed by atoms with Crippen molar-refractivity contribution < 1.29 is 4.52 Å². The van der Waals surface area contributed by atoms with Crippen molar-refractivity contribution in [1.29, 1.82) is 0 Å². The van der Waals surface area contributed by atoms with Crippen LogP contribution in [0.25, 0.3) is 10.9 Å². The van der Waals surface area contributed by atoms with Crippen LogP contribution in [0.3, 0.4) is 0 Å². The van der Waals surface area contributed by atoms with Crippen LogP contribution in [0.2, 0.25) is 0 Å². The van der Waals surface area contributed by atoms with Gasteiger partial charge in [0.1, 0.15) is 0 Å². The van der Waals surface area contributed by atoms with Gasteiger partial charge in [0.25, 0.3) is 5.56 Å². The van der Waals surface area contributed by atoms with Crippen molar-refractivity contribution in [3.8, 4) is 0 Å². The van der Waals surface area contributed by atoms with Gasteiger partial charge in [-0.05, 0) is 44.2 Å². The largest absolute Gasteiger partial charge is 0.339 e. The summed E-state index contributed by atoms with van der Waals surface area (Å²) in [5.74, 6) is 1.74. The molecule has 7 heteroatoms. The molecule has 4 rings (SSSR count). The van der Waals surface area contributed by atoms with E-state index < -0.39 is 0 Å². The van der Waals surface area contributed by atoms with E-state index in [1.165, 1.54) is 30.2 Å². The number of hydrogen-bond donors (Lipinski definition) is 0. The normalized spacial score (nSPS) is 14.8. The third kappa shape index (κ3) is 4.67. The number of nitrogens with zero attached hydrogens (tertiary/aromatic N) is 4. The van der Waals surface area contributed by atoms with Crippen molar-refractivity contribution in [3.05, 3.63) is 58.0 Å². The van der Waals surface area contributed by atoms with Crippen LogP contribution in [0.15, 0.2) is 50.4 Å². The maximum atomic E-state index is 13.2. The van der Waals surface area contributed by atoms with Gasteiger partial charge in [-0.1, -0.05) is 61.5 Å². The summed E-state index contributed by atoms with van der Waals surface area (Å²) >= 11 is 1.49. The molecule has 3 aromatic rings. The molecule has 0 spiro atoms. The van der Waals surface area contributed by atoms with E-state index in [4.69, 9.17) is 9.51 Å². The third-order valence-electron chi connectivity index (χ3n) is 5.31. The number of allylic oxidation sites excluding steroid dienone is 2. The number of rotatable bonds is 6. The Kier molecular flexibility index (Phi) is 6.09. The molecule has 2 heterocycles. The lowest BCUT2D eigenvalue weighted by molar-refractivity contribution is 0.319. The lowest BCUT2D eigenvalue weighted by Crippen LogP contribution is -2.24. The molecule has 0 fully saturated rings. The van der Waals surface area contributed by atoms with Crippen molar-refractivity contribution in [2.45, 2.75) is 75.7 Å². The number of para-hydroxylation sites is 1. The van der Waals surface area contributed by atoms with Crippen molar-refractivity contribution in [1.82, 2.24) is 19.7 Å². The van der Waals surface area contributed by atoms with E-state index in [2.05, 4.69) is 16.2 Å². The Bertz CT molecular complexity index is 1120. The molecule has 2 aromatic heterocycles. The average molecular weight is 425 g/mol. The monoisotopic (exact) mass is 424 g/mol. The van der Waals surface area contributed by atoms with Crippen molar-refractivity contribution in [2.75, 3.05) is 0 Å². The summed E-state index contributed by atoms with van der Waals surface area (Å²) in [4.78, 5) is 22.5. The van der Waals surface area contributed by atoms with E-state index in [0.29, 0.717) is 34.6 Å². The molecule has 0 radical (unpaired) electrons. The summed E-state index contributed by atoms with van der Waals surface area (Å²) in [7, 11) is 0. The second kappa shape index (κ2) is 8.76. The SMILES string of the molecule is CC(C)(C)c1nc(CSc2nc3ccccc3c(=O)n2CCC2=CCCCC2)no1. The Morgan fingerprint density at radius 2 is 2.00 bits per heavy atom. The topological polar surface area (TPSA) is 73.8 Å². The lowest BCUT2D eigenvalue weighted by Gasteiger charge is -2.16. The Morgan fingerprint density at radius 3 is 2.73 bits per heavy atom. The number of thioether (sulfide) groups is 1. The molecule has 0 amide bonds. The maximum Gasteiger partial charge on any atom is 0.262 e. The minimum atomic E-state index is -0.188. The highest BCUT2D eigenvalue weighted by Gasteiger charge is 2.22. The van der Waals surface area contributed by atoms with Gasteiger partial charge in [-0.25, -0.2) is 4.98 Å². The summed E-state index contributed by atoms with van der Waals surface area (Å²) in [5.41, 5.74) is 2.00. The van der Waals surface area contributed by atoms with Crippen LogP contribution in [0, 0.1) is 0 Å². The Balaban J connectivity index is 1.60. The number of aromatic nitrogens is 4. The predicted molar refractivity (Wildman–Crippen MR) is 120 cm³/mol. The first-order valence-corrected chi connectivity index (χ1v) is 11.5. The molecule has 0 aliphatic heterocycles. The molecule has 6 nitrogen and oxygen atoms in total. The first kappa shape index (κ1) is 20.8. The van der Waals surface area contributed by atoms with Gasteiger partial charge < -0.3 is 4.52 Å². The highest BCUT2D eigenvalue weighted by Crippen LogP contribution is 2.26. The van der Waals surface area contributed by atoms with Crippen molar-refractivity contribution in [3.63, 3.8) is 0 Å². The van der Waals surface area contributed by atoms with E-state index in [9.17, 15) is 4.79 Å². The van der Waals surface area contributed by atoms with Gasteiger partial charge in [0.15, 0.2) is 11.0 Å².